The Balaban J connectivity index is 1.83. The van der Waals surface area contributed by atoms with Crippen LogP contribution in [-0.4, -0.2) is 22.7 Å². The quantitative estimate of drug-likeness (QED) is 0.534. The summed E-state index contributed by atoms with van der Waals surface area (Å²) in [6, 6.07) is 16.3. The molecule has 0 amide bonds. The van der Waals surface area contributed by atoms with Crippen molar-refractivity contribution in [3.8, 4) is 5.75 Å². The average molecular weight is 455 g/mol. The second-order valence-electron chi connectivity index (χ2n) is 7.03. The Hall–Kier alpha value is -2.73. The first kappa shape index (κ1) is 21.0. The molecular weight excluding hydrogens is 432 g/mol. The Morgan fingerprint density at radius 3 is 2.34 bits per heavy atom. The van der Waals surface area contributed by atoms with Crippen molar-refractivity contribution in [2.24, 2.45) is 0 Å². The zero-order valence-corrected chi connectivity index (χ0v) is 18.3. The molecule has 0 saturated heterocycles. The summed E-state index contributed by atoms with van der Waals surface area (Å²) in [6.07, 6.45) is 0.726. The Bertz CT molecular complexity index is 1060. The van der Waals surface area contributed by atoms with Gasteiger partial charge in [0.1, 0.15) is 11.8 Å². The van der Waals surface area contributed by atoms with Gasteiger partial charge in [0, 0.05) is 22.9 Å². The lowest BCUT2D eigenvalue weighted by Gasteiger charge is -2.15. The molecule has 2 aromatic carbocycles. The van der Waals surface area contributed by atoms with E-state index in [1.165, 1.54) is 4.68 Å². The minimum absolute atomic E-state index is 0.0529. The summed E-state index contributed by atoms with van der Waals surface area (Å²) in [5.41, 5.74) is 2.99. The molecule has 0 aliphatic rings. The number of benzene rings is 2. The van der Waals surface area contributed by atoms with Gasteiger partial charge in [-0.1, -0.05) is 40.2 Å². The predicted molar refractivity (Wildman–Crippen MR) is 117 cm³/mol. The van der Waals surface area contributed by atoms with Crippen molar-refractivity contribution in [1.29, 1.82) is 0 Å². The number of ketones is 1. The number of aromatic nitrogens is 2. The summed E-state index contributed by atoms with van der Waals surface area (Å²) in [4.78, 5) is 25.8. The number of hydrogen-bond acceptors (Lipinski definition) is 4. The van der Waals surface area contributed by atoms with Gasteiger partial charge in [0.05, 0.1) is 12.8 Å². The third-order valence-corrected chi connectivity index (χ3v) is 5.34. The van der Waals surface area contributed by atoms with Crippen LogP contribution in [-0.2, 0) is 17.6 Å². The molecular formula is C23H23BrN2O3. The fraction of sp³-hybridized carbons (Fsp3) is 0.261. The van der Waals surface area contributed by atoms with Gasteiger partial charge >= 0.3 is 0 Å². The number of carbonyl (C=O) groups excluding carboxylic acids is 1. The predicted octanol–water partition coefficient (Wildman–Crippen LogP) is 4.29. The molecule has 5 nitrogen and oxygen atoms in total. The summed E-state index contributed by atoms with van der Waals surface area (Å²) in [5.74, 6) is 0.715. The van der Waals surface area contributed by atoms with Gasteiger partial charge in [-0.2, -0.15) is 5.10 Å². The zero-order valence-electron chi connectivity index (χ0n) is 16.7. The molecule has 1 heterocycles. The Labute approximate surface area is 178 Å². The molecule has 0 bridgehead atoms. The Kier molecular flexibility index (Phi) is 6.64. The Morgan fingerprint density at radius 2 is 1.72 bits per heavy atom. The van der Waals surface area contributed by atoms with E-state index in [9.17, 15) is 9.59 Å². The van der Waals surface area contributed by atoms with Crippen LogP contribution in [0.2, 0.25) is 0 Å². The molecule has 0 aliphatic heterocycles. The largest absolute Gasteiger partial charge is 0.497 e. The fourth-order valence-corrected chi connectivity index (χ4v) is 3.41. The summed E-state index contributed by atoms with van der Waals surface area (Å²) in [5, 5.41) is 4.33. The third-order valence-electron chi connectivity index (χ3n) is 4.81. The standard InChI is InChI=1S/C23H23BrN2O3/c1-15-12-19(13-17-6-10-21(29-3)11-7-17)23(28)26(25-15)16(2)22(27)14-18-4-8-20(24)9-5-18/h4-12,16H,13-14H2,1-3H3. The van der Waals surface area contributed by atoms with Crippen molar-refractivity contribution < 1.29 is 9.53 Å². The molecule has 1 aromatic heterocycles. The number of halogens is 1. The van der Waals surface area contributed by atoms with E-state index in [0.717, 1.165) is 21.3 Å². The minimum Gasteiger partial charge on any atom is -0.497 e. The number of aryl methyl sites for hydroxylation is 1. The average Bonchev–Trinajstić information content (AvgIpc) is 2.72. The molecule has 6 heteroatoms. The number of methoxy groups -OCH3 is 1. The van der Waals surface area contributed by atoms with E-state index in [-0.39, 0.29) is 17.8 Å². The van der Waals surface area contributed by atoms with Gasteiger partial charge in [-0.25, -0.2) is 4.68 Å². The first-order chi connectivity index (χ1) is 13.9. The number of Topliss-reactive ketones (excluding diaryl/α,β-unsaturated/α-hetero) is 1. The van der Waals surface area contributed by atoms with Crippen molar-refractivity contribution in [2.75, 3.05) is 7.11 Å². The SMILES string of the molecule is COc1ccc(Cc2cc(C)nn(C(C)C(=O)Cc3ccc(Br)cc3)c2=O)cc1. The summed E-state index contributed by atoms with van der Waals surface area (Å²) < 4.78 is 7.45. The highest BCUT2D eigenvalue weighted by atomic mass is 79.9. The van der Waals surface area contributed by atoms with E-state index in [1.807, 2.05) is 55.5 Å². The van der Waals surface area contributed by atoms with Crippen LogP contribution in [0.5, 0.6) is 5.75 Å². The van der Waals surface area contributed by atoms with Crippen LogP contribution in [0.4, 0.5) is 0 Å². The van der Waals surface area contributed by atoms with Gasteiger partial charge in [0.25, 0.3) is 5.56 Å². The van der Waals surface area contributed by atoms with Crippen LogP contribution < -0.4 is 10.3 Å². The number of nitrogens with zero attached hydrogens (tertiary/aromatic N) is 2. The second-order valence-corrected chi connectivity index (χ2v) is 7.95. The summed E-state index contributed by atoms with van der Waals surface area (Å²) in [6.45, 7) is 3.56. The molecule has 1 atom stereocenters. The number of carbonyl (C=O) groups is 1. The molecule has 0 saturated carbocycles. The van der Waals surface area contributed by atoms with Gasteiger partial charge < -0.3 is 4.74 Å². The third kappa shape index (κ3) is 5.21. The lowest BCUT2D eigenvalue weighted by molar-refractivity contribution is -0.121. The van der Waals surface area contributed by atoms with Crippen LogP contribution in [0.15, 0.2) is 63.9 Å². The van der Waals surface area contributed by atoms with Gasteiger partial charge in [-0.05, 0) is 55.3 Å². The van der Waals surface area contributed by atoms with Crippen LogP contribution in [0.1, 0.15) is 35.3 Å². The molecule has 0 N–H and O–H groups in total. The highest BCUT2D eigenvalue weighted by Crippen LogP contribution is 2.16. The highest BCUT2D eigenvalue weighted by Gasteiger charge is 2.20. The van der Waals surface area contributed by atoms with Crippen LogP contribution in [0.3, 0.4) is 0 Å². The minimum atomic E-state index is -0.638. The normalized spacial score (nSPS) is 11.9. The van der Waals surface area contributed by atoms with Crippen molar-refractivity contribution in [2.45, 2.75) is 32.7 Å². The molecule has 1 unspecified atom stereocenters. The van der Waals surface area contributed by atoms with Gasteiger partial charge in [-0.3, -0.25) is 9.59 Å². The van der Waals surface area contributed by atoms with Gasteiger partial charge in [0.2, 0.25) is 0 Å². The monoisotopic (exact) mass is 454 g/mol. The van der Waals surface area contributed by atoms with E-state index in [4.69, 9.17) is 4.74 Å². The molecule has 150 valence electrons. The van der Waals surface area contributed by atoms with Gasteiger partial charge in [-0.15, -0.1) is 0 Å². The van der Waals surface area contributed by atoms with Crippen molar-refractivity contribution in [3.63, 3.8) is 0 Å². The smallest absolute Gasteiger partial charge is 0.270 e. The number of hydrogen-bond donors (Lipinski definition) is 0. The fourth-order valence-electron chi connectivity index (χ4n) is 3.15. The number of rotatable bonds is 7. The molecule has 0 aliphatic carbocycles. The zero-order chi connectivity index (χ0) is 21.0. The maximum Gasteiger partial charge on any atom is 0.270 e. The second kappa shape index (κ2) is 9.18. The van der Waals surface area contributed by atoms with Crippen molar-refractivity contribution in [3.05, 3.63) is 91.8 Å². The maximum absolute atomic E-state index is 13.0. The Morgan fingerprint density at radius 1 is 1.10 bits per heavy atom. The van der Waals surface area contributed by atoms with Gasteiger partial charge in [0.15, 0.2) is 5.78 Å². The van der Waals surface area contributed by atoms with E-state index in [0.29, 0.717) is 17.7 Å². The van der Waals surface area contributed by atoms with E-state index >= 15 is 0 Å². The lowest BCUT2D eigenvalue weighted by Crippen LogP contribution is -2.33. The van der Waals surface area contributed by atoms with E-state index in [1.54, 1.807) is 20.1 Å². The van der Waals surface area contributed by atoms with E-state index in [2.05, 4.69) is 21.0 Å². The number of ether oxygens (including phenoxy) is 1. The topological polar surface area (TPSA) is 61.2 Å². The van der Waals surface area contributed by atoms with Crippen molar-refractivity contribution >= 4 is 21.7 Å². The van der Waals surface area contributed by atoms with Crippen LogP contribution in [0, 0.1) is 6.92 Å². The lowest BCUT2D eigenvalue weighted by atomic mass is 10.0. The molecule has 3 aromatic rings. The van der Waals surface area contributed by atoms with Crippen LogP contribution in [0.25, 0.3) is 0 Å². The molecule has 0 fully saturated rings. The maximum atomic E-state index is 13.0. The van der Waals surface area contributed by atoms with E-state index < -0.39 is 6.04 Å². The molecule has 0 radical (unpaired) electrons. The van der Waals surface area contributed by atoms with Crippen molar-refractivity contribution in [1.82, 2.24) is 9.78 Å². The van der Waals surface area contributed by atoms with Crippen LogP contribution >= 0.6 is 15.9 Å². The molecule has 3 rings (SSSR count). The summed E-state index contributed by atoms with van der Waals surface area (Å²) >= 11 is 3.39. The molecule has 29 heavy (non-hydrogen) atoms. The first-order valence-corrected chi connectivity index (χ1v) is 10.2. The first-order valence-electron chi connectivity index (χ1n) is 9.37. The highest BCUT2D eigenvalue weighted by molar-refractivity contribution is 9.10. The molecule has 0 spiro atoms. The summed E-state index contributed by atoms with van der Waals surface area (Å²) in [7, 11) is 1.62.